The van der Waals surface area contributed by atoms with Crippen molar-refractivity contribution in [1.29, 1.82) is 0 Å². The quantitative estimate of drug-likeness (QED) is 0.415. The number of fused-ring (bicyclic) bond motifs is 1. The first-order valence-electron chi connectivity index (χ1n) is 11.1. The molecule has 2 aromatic heterocycles. The second-order valence-electron chi connectivity index (χ2n) is 8.19. The average molecular weight is 463 g/mol. The third-order valence-corrected chi connectivity index (χ3v) is 6.36. The van der Waals surface area contributed by atoms with Crippen LogP contribution in [-0.2, 0) is 11.2 Å². The van der Waals surface area contributed by atoms with E-state index in [9.17, 15) is 9.18 Å². The predicted molar refractivity (Wildman–Crippen MR) is 129 cm³/mol. The zero-order valence-corrected chi connectivity index (χ0v) is 18.9. The SMILES string of the molecule is O=C(CCc1c(-c2cccc(Cl)c2)nc2ccccn12)N1CCN(c2ccc(F)cc2)CC1. The molecule has 0 atom stereocenters. The van der Waals surface area contributed by atoms with E-state index in [2.05, 4.69) is 9.30 Å². The maximum atomic E-state index is 13.2. The van der Waals surface area contributed by atoms with Crippen LogP contribution in [0.2, 0.25) is 5.02 Å². The lowest BCUT2D eigenvalue weighted by Crippen LogP contribution is -2.48. The molecule has 4 aromatic rings. The van der Waals surface area contributed by atoms with Gasteiger partial charge in [0.25, 0.3) is 0 Å². The summed E-state index contributed by atoms with van der Waals surface area (Å²) in [5, 5.41) is 0.658. The summed E-state index contributed by atoms with van der Waals surface area (Å²) in [4.78, 5) is 21.9. The molecule has 0 aliphatic carbocycles. The minimum Gasteiger partial charge on any atom is -0.368 e. The fourth-order valence-electron chi connectivity index (χ4n) is 4.40. The van der Waals surface area contributed by atoms with Crippen molar-refractivity contribution < 1.29 is 9.18 Å². The fraction of sp³-hybridized carbons (Fsp3) is 0.231. The van der Waals surface area contributed by atoms with Crippen molar-refractivity contribution in [2.45, 2.75) is 12.8 Å². The Labute approximate surface area is 197 Å². The lowest BCUT2D eigenvalue weighted by Gasteiger charge is -2.36. The van der Waals surface area contributed by atoms with Crippen LogP contribution in [0, 0.1) is 5.82 Å². The van der Waals surface area contributed by atoms with Crippen molar-refractivity contribution in [3.63, 3.8) is 0 Å². The number of carbonyl (C=O) groups excluding carboxylic acids is 1. The molecule has 5 rings (SSSR count). The van der Waals surface area contributed by atoms with Gasteiger partial charge < -0.3 is 14.2 Å². The molecule has 1 aliphatic heterocycles. The van der Waals surface area contributed by atoms with Gasteiger partial charge in [0.15, 0.2) is 0 Å². The molecular weight excluding hydrogens is 439 g/mol. The van der Waals surface area contributed by atoms with E-state index in [1.807, 2.05) is 53.6 Å². The van der Waals surface area contributed by atoms with Crippen molar-refractivity contribution in [3.8, 4) is 11.3 Å². The molecule has 33 heavy (non-hydrogen) atoms. The standard InChI is InChI=1S/C26H24ClFN4O/c27-20-5-3-4-19(18-20)26-23(32-13-2-1-6-24(32)29-26)11-12-25(33)31-16-14-30(15-17-31)22-9-7-21(28)8-10-22/h1-10,13,18H,11-12,14-17H2. The zero-order chi connectivity index (χ0) is 22.8. The van der Waals surface area contributed by atoms with Crippen LogP contribution < -0.4 is 4.90 Å². The molecule has 0 saturated carbocycles. The lowest BCUT2D eigenvalue weighted by molar-refractivity contribution is -0.131. The topological polar surface area (TPSA) is 40.9 Å². The Morgan fingerprint density at radius 3 is 2.52 bits per heavy atom. The molecule has 7 heteroatoms. The van der Waals surface area contributed by atoms with Gasteiger partial charge in [-0.2, -0.15) is 0 Å². The first-order valence-corrected chi connectivity index (χ1v) is 11.5. The molecule has 2 aromatic carbocycles. The minimum atomic E-state index is -0.239. The van der Waals surface area contributed by atoms with Crippen LogP contribution in [-0.4, -0.2) is 46.4 Å². The lowest BCUT2D eigenvalue weighted by atomic mass is 10.1. The summed E-state index contributed by atoms with van der Waals surface area (Å²) < 4.78 is 15.2. The predicted octanol–water partition coefficient (Wildman–Crippen LogP) is 5.08. The van der Waals surface area contributed by atoms with E-state index in [4.69, 9.17) is 16.6 Å². The molecule has 0 N–H and O–H groups in total. The third kappa shape index (κ3) is 4.57. The van der Waals surface area contributed by atoms with Crippen LogP contribution in [0.1, 0.15) is 12.1 Å². The Kier molecular flexibility index (Phi) is 6.01. The van der Waals surface area contributed by atoms with Gasteiger partial charge in [0.05, 0.1) is 11.4 Å². The van der Waals surface area contributed by atoms with Crippen LogP contribution in [0.5, 0.6) is 0 Å². The smallest absolute Gasteiger partial charge is 0.223 e. The minimum absolute atomic E-state index is 0.136. The number of aryl methyl sites for hydroxylation is 1. The van der Waals surface area contributed by atoms with Crippen LogP contribution in [0.4, 0.5) is 10.1 Å². The van der Waals surface area contributed by atoms with Crippen molar-refractivity contribution in [3.05, 3.63) is 89.5 Å². The highest BCUT2D eigenvalue weighted by Crippen LogP contribution is 2.28. The second kappa shape index (κ2) is 9.24. The molecule has 3 heterocycles. The number of hydrogen-bond donors (Lipinski definition) is 0. The maximum absolute atomic E-state index is 13.2. The summed E-state index contributed by atoms with van der Waals surface area (Å²) in [6.07, 6.45) is 2.98. The average Bonchev–Trinajstić information content (AvgIpc) is 3.22. The molecule has 168 valence electrons. The number of anilines is 1. The van der Waals surface area contributed by atoms with Crippen LogP contribution >= 0.6 is 11.6 Å². The summed E-state index contributed by atoms with van der Waals surface area (Å²) in [7, 11) is 0. The van der Waals surface area contributed by atoms with Crippen molar-refractivity contribution in [2.24, 2.45) is 0 Å². The van der Waals surface area contributed by atoms with Gasteiger partial charge in [0, 0.05) is 55.1 Å². The van der Waals surface area contributed by atoms with E-state index < -0.39 is 0 Å². The van der Waals surface area contributed by atoms with Gasteiger partial charge in [-0.3, -0.25) is 4.79 Å². The number of imidazole rings is 1. The van der Waals surface area contributed by atoms with Gasteiger partial charge in [-0.1, -0.05) is 29.8 Å². The number of pyridine rings is 1. The van der Waals surface area contributed by atoms with Gasteiger partial charge in [0.1, 0.15) is 11.5 Å². The van der Waals surface area contributed by atoms with Gasteiger partial charge in [-0.05, 0) is 55.0 Å². The van der Waals surface area contributed by atoms with E-state index in [0.717, 1.165) is 41.4 Å². The number of amides is 1. The van der Waals surface area contributed by atoms with Crippen LogP contribution in [0.15, 0.2) is 72.9 Å². The second-order valence-corrected chi connectivity index (χ2v) is 8.63. The molecule has 5 nitrogen and oxygen atoms in total. The van der Waals surface area contributed by atoms with Crippen molar-refractivity contribution >= 4 is 28.8 Å². The highest BCUT2D eigenvalue weighted by molar-refractivity contribution is 6.30. The summed E-state index contributed by atoms with van der Waals surface area (Å²) in [5.74, 6) is -0.103. The van der Waals surface area contributed by atoms with Crippen LogP contribution in [0.3, 0.4) is 0 Å². The molecule has 1 aliphatic rings. The number of piperazine rings is 1. The molecule has 0 unspecified atom stereocenters. The summed E-state index contributed by atoms with van der Waals surface area (Å²) in [6.45, 7) is 2.79. The molecule has 0 spiro atoms. The van der Waals surface area contributed by atoms with E-state index in [0.29, 0.717) is 31.0 Å². The number of benzene rings is 2. The molecule has 0 bridgehead atoms. The Balaban J connectivity index is 1.29. The number of nitrogens with zero attached hydrogens (tertiary/aromatic N) is 4. The van der Waals surface area contributed by atoms with Crippen molar-refractivity contribution in [2.75, 3.05) is 31.1 Å². The number of carbonyl (C=O) groups is 1. The molecule has 1 saturated heterocycles. The summed E-state index contributed by atoms with van der Waals surface area (Å²) >= 11 is 6.22. The molecule has 1 fully saturated rings. The third-order valence-electron chi connectivity index (χ3n) is 6.13. The van der Waals surface area contributed by atoms with Gasteiger partial charge in [-0.25, -0.2) is 9.37 Å². The Morgan fingerprint density at radius 2 is 1.76 bits per heavy atom. The summed E-state index contributed by atoms with van der Waals surface area (Å²) in [6, 6.07) is 20.1. The number of hydrogen-bond acceptors (Lipinski definition) is 3. The highest BCUT2D eigenvalue weighted by Gasteiger charge is 2.22. The van der Waals surface area contributed by atoms with Gasteiger partial charge >= 0.3 is 0 Å². The van der Waals surface area contributed by atoms with E-state index in [-0.39, 0.29) is 11.7 Å². The van der Waals surface area contributed by atoms with Gasteiger partial charge in [0.2, 0.25) is 5.91 Å². The van der Waals surface area contributed by atoms with E-state index in [1.54, 1.807) is 12.1 Å². The molecule has 0 radical (unpaired) electrons. The van der Waals surface area contributed by atoms with Crippen LogP contribution in [0.25, 0.3) is 16.9 Å². The number of aromatic nitrogens is 2. The molecule has 1 amide bonds. The van der Waals surface area contributed by atoms with E-state index >= 15 is 0 Å². The normalized spacial score (nSPS) is 14.1. The Bertz CT molecular complexity index is 1280. The largest absolute Gasteiger partial charge is 0.368 e. The maximum Gasteiger partial charge on any atom is 0.223 e. The highest BCUT2D eigenvalue weighted by atomic mass is 35.5. The summed E-state index contributed by atoms with van der Waals surface area (Å²) in [5.41, 5.74) is 4.65. The number of rotatable bonds is 5. The first kappa shape index (κ1) is 21.5. The fourth-order valence-corrected chi connectivity index (χ4v) is 4.59. The zero-order valence-electron chi connectivity index (χ0n) is 18.1. The first-order chi connectivity index (χ1) is 16.1. The molecular formula is C26H24ClFN4O. The monoisotopic (exact) mass is 462 g/mol. The van der Waals surface area contributed by atoms with Gasteiger partial charge in [-0.15, -0.1) is 0 Å². The number of halogens is 2. The van der Waals surface area contributed by atoms with E-state index in [1.165, 1.54) is 12.1 Å². The van der Waals surface area contributed by atoms with Crippen molar-refractivity contribution in [1.82, 2.24) is 14.3 Å². The Morgan fingerprint density at radius 1 is 0.970 bits per heavy atom. The Hall–Kier alpha value is -3.38.